The molecule has 2 unspecified atom stereocenters. The number of rotatable bonds is 6. The number of hydrogen-bond donors (Lipinski definition) is 0. The lowest BCUT2D eigenvalue weighted by atomic mass is 9.93. The highest BCUT2D eigenvalue weighted by Crippen LogP contribution is 2.30. The van der Waals surface area contributed by atoms with Crippen LogP contribution in [0.2, 0.25) is 0 Å². The lowest BCUT2D eigenvalue weighted by Crippen LogP contribution is -2.09. The summed E-state index contributed by atoms with van der Waals surface area (Å²) in [5.41, 5.74) is -0.297. The maximum Gasteiger partial charge on any atom is 0.419 e. The summed E-state index contributed by atoms with van der Waals surface area (Å²) >= 11 is 0. The van der Waals surface area contributed by atoms with Crippen LogP contribution < -0.4 is 0 Å². The molecule has 0 bridgehead atoms. The Morgan fingerprint density at radius 3 is 1.96 bits per heavy atom. The summed E-state index contributed by atoms with van der Waals surface area (Å²) in [5, 5.41) is 0. The van der Waals surface area contributed by atoms with Crippen LogP contribution in [-0.2, 0) is 6.18 Å². The smallest absolute Gasteiger partial charge is 0.255 e. The standard InChI is InChI=1S/C17H18F5N3/c1-10(12-5-6-14(15(18)19)23-7-12)3-4-11(2)16-24-8-13(9-25-16)17(20,21)22/h5-11,15H,3-4H2,1-2H3. The van der Waals surface area contributed by atoms with Gasteiger partial charge < -0.3 is 0 Å². The van der Waals surface area contributed by atoms with E-state index in [2.05, 4.69) is 15.0 Å². The van der Waals surface area contributed by atoms with Gasteiger partial charge in [-0.05, 0) is 30.4 Å². The number of halogens is 5. The SMILES string of the molecule is CC(CCC(C)c1ncc(C(F)(F)F)cn1)c1ccc(C(F)F)nc1. The van der Waals surface area contributed by atoms with Gasteiger partial charge in [0.15, 0.2) is 0 Å². The van der Waals surface area contributed by atoms with E-state index in [9.17, 15) is 22.0 Å². The predicted octanol–water partition coefficient (Wildman–Crippen LogP) is 5.52. The molecule has 0 saturated carbocycles. The molecule has 25 heavy (non-hydrogen) atoms. The van der Waals surface area contributed by atoms with E-state index in [0.29, 0.717) is 18.7 Å². The van der Waals surface area contributed by atoms with E-state index in [0.717, 1.165) is 18.0 Å². The molecule has 0 saturated heterocycles. The molecule has 0 N–H and O–H groups in total. The molecule has 3 nitrogen and oxygen atoms in total. The van der Waals surface area contributed by atoms with Gasteiger partial charge in [-0.3, -0.25) is 4.98 Å². The van der Waals surface area contributed by atoms with Crippen LogP contribution in [0.25, 0.3) is 0 Å². The second-order valence-electron chi connectivity index (χ2n) is 6.02. The van der Waals surface area contributed by atoms with Crippen molar-refractivity contribution in [2.24, 2.45) is 0 Å². The van der Waals surface area contributed by atoms with E-state index in [4.69, 9.17) is 0 Å². The molecule has 0 radical (unpaired) electrons. The molecule has 136 valence electrons. The van der Waals surface area contributed by atoms with Gasteiger partial charge in [0.05, 0.1) is 5.56 Å². The highest BCUT2D eigenvalue weighted by molar-refractivity contribution is 5.18. The highest BCUT2D eigenvalue weighted by Gasteiger charge is 2.31. The lowest BCUT2D eigenvalue weighted by molar-refractivity contribution is -0.138. The molecule has 2 atom stereocenters. The van der Waals surface area contributed by atoms with Crippen molar-refractivity contribution >= 4 is 0 Å². The van der Waals surface area contributed by atoms with Crippen LogP contribution in [-0.4, -0.2) is 15.0 Å². The zero-order valence-electron chi connectivity index (χ0n) is 13.8. The Balaban J connectivity index is 1.93. The largest absolute Gasteiger partial charge is 0.419 e. The number of alkyl halides is 5. The fraction of sp³-hybridized carbons (Fsp3) is 0.471. The second kappa shape index (κ2) is 7.84. The van der Waals surface area contributed by atoms with Gasteiger partial charge >= 0.3 is 6.18 Å². The summed E-state index contributed by atoms with van der Waals surface area (Å²) < 4.78 is 62.5. The fourth-order valence-corrected chi connectivity index (χ4v) is 2.37. The molecular formula is C17H18F5N3. The van der Waals surface area contributed by atoms with Crippen LogP contribution in [0.3, 0.4) is 0 Å². The van der Waals surface area contributed by atoms with Crippen molar-refractivity contribution in [2.75, 3.05) is 0 Å². The second-order valence-corrected chi connectivity index (χ2v) is 6.02. The Morgan fingerprint density at radius 1 is 0.880 bits per heavy atom. The highest BCUT2D eigenvalue weighted by atomic mass is 19.4. The van der Waals surface area contributed by atoms with Gasteiger partial charge in [0, 0.05) is 24.5 Å². The summed E-state index contributed by atoms with van der Waals surface area (Å²) in [4.78, 5) is 11.3. The normalized spacial score (nSPS) is 14.6. The molecule has 0 spiro atoms. The van der Waals surface area contributed by atoms with Crippen molar-refractivity contribution in [1.82, 2.24) is 15.0 Å². The minimum Gasteiger partial charge on any atom is -0.255 e. The summed E-state index contributed by atoms with van der Waals surface area (Å²) in [7, 11) is 0. The summed E-state index contributed by atoms with van der Waals surface area (Å²) in [6, 6.07) is 2.93. The maximum absolute atomic E-state index is 12.5. The molecule has 0 aromatic carbocycles. The number of pyridine rings is 1. The third-order valence-corrected chi connectivity index (χ3v) is 4.07. The average Bonchev–Trinajstić information content (AvgIpc) is 2.58. The quantitative estimate of drug-likeness (QED) is 0.638. The first-order chi connectivity index (χ1) is 11.7. The molecular weight excluding hydrogens is 341 g/mol. The van der Waals surface area contributed by atoms with Crippen molar-refractivity contribution in [2.45, 2.75) is 51.1 Å². The number of nitrogens with zero attached hydrogens (tertiary/aromatic N) is 3. The Bertz CT molecular complexity index is 668. The lowest BCUT2D eigenvalue weighted by Gasteiger charge is -2.15. The van der Waals surface area contributed by atoms with Crippen molar-refractivity contribution in [1.29, 1.82) is 0 Å². The Morgan fingerprint density at radius 2 is 1.48 bits per heavy atom. The minimum atomic E-state index is -4.45. The van der Waals surface area contributed by atoms with Crippen LogP contribution in [0.15, 0.2) is 30.7 Å². The van der Waals surface area contributed by atoms with Gasteiger partial charge in [-0.25, -0.2) is 18.7 Å². The molecule has 0 aliphatic heterocycles. The summed E-state index contributed by atoms with van der Waals surface area (Å²) in [5.74, 6) is 0.320. The van der Waals surface area contributed by atoms with Gasteiger partial charge in [-0.2, -0.15) is 13.2 Å². The first-order valence-corrected chi connectivity index (χ1v) is 7.81. The molecule has 8 heteroatoms. The van der Waals surface area contributed by atoms with Gasteiger partial charge in [-0.1, -0.05) is 19.9 Å². The summed E-state index contributed by atoms with van der Waals surface area (Å²) in [6.45, 7) is 3.78. The van der Waals surface area contributed by atoms with E-state index in [-0.39, 0.29) is 17.5 Å². The minimum absolute atomic E-state index is 0.0797. The third-order valence-electron chi connectivity index (χ3n) is 4.07. The van der Waals surface area contributed by atoms with Gasteiger partial charge in [0.25, 0.3) is 6.43 Å². The number of aromatic nitrogens is 3. The van der Waals surface area contributed by atoms with Crippen LogP contribution in [0.1, 0.15) is 67.6 Å². The van der Waals surface area contributed by atoms with Crippen molar-refractivity contribution in [3.8, 4) is 0 Å². The van der Waals surface area contributed by atoms with Crippen molar-refractivity contribution < 1.29 is 22.0 Å². The number of hydrogen-bond acceptors (Lipinski definition) is 3. The molecule has 0 aliphatic carbocycles. The Kier molecular flexibility index (Phi) is 6.02. The monoisotopic (exact) mass is 359 g/mol. The molecule has 2 aromatic heterocycles. The first-order valence-electron chi connectivity index (χ1n) is 7.81. The third kappa shape index (κ3) is 5.17. The van der Waals surface area contributed by atoms with Crippen molar-refractivity contribution in [3.05, 3.63) is 53.4 Å². The van der Waals surface area contributed by atoms with Crippen LogP contribution >= 0.6 is 0 Å². The average molecular weight is 359 g/mol. The first kappa shape index (κ1) is 19.2. The predicted molar refractivity (Wildman–Crippen MR) is 82.3 cm³/mol. The van der Waals surface area contributed by atoms with Crippen LogP contribution in [0.4, 0.5) is 22.0 Å². The van der Waals surface area contributed by atoms with E-state index in [1.807, 2.05) is 13.8 Å². The topological polar surface area (TPSA) is 38.7 Å². The molecule has 2 heterocycles. The van der Waals surface area contributed by atoms with Gasteiger partial charge in [0.2, 0.25) is 0 Å². The van der Waals surface area contributed by atoms with E-state index < -0.39 is 18.2 Å². The molecule has 2 rings (SSSR count). The van der Waals surface area contributed by atoms with E-state index in [1.165, 1.54) is 12.3 Å². The zero-order chi connectivity index (χ0) is 18.6. The molecule has 2 aromatic rings. The molecule has 0 aliphatic rings. The maximum atomic E-state index is 12.5. The Hall–Kier alpha value is -2.12. The molecule has 0 amide bonds. The fourth-order valence-electron chi connectivity index (χ4n) is 2.37. The van der Waals surface area contributed by atoms with Crippen LogP contribution in [0, 0.1) is 0 Å². The zero-order valence-corrected chi connectivity index (χ0v) is 13.8. The molecule has 0 fully saturated rings. The van der Waals surface area contributed by atoms with E-state index in [1.54, 1.807) is 6.07 Å². The Labute approximate surface area is 142 Å². The summed E-state index contributed by atoms with van der Waals surface area (Å²) in [6.07, 6.45) is -2.67. The van der Waals surface area contributed by atoms with Crippen molar-refractivity contribution in [3.63, 3.8) is 0 Å². The van der Waals surface area contributed by atoms with E-state index >= 15 is 0 Å². The van der Waals surface area contributed by atoms with Crippen LogP contribution in [0.5, 0.6) is 0 Å². The van der Waals surface area contributed by atoms with Gasteiger partial charge in [0.1, 0.15) is 11.5 Å². The van der Waals surface area contributed by atoms with Gasteiger partial charge in [-0.15, -0.1) is 0 Å².